The smallest absolute Gasteiger partial charge is 0.240 e. The lowest BCUT2D eigenvalue weighted by Crippen LogP contribution is -2.27. The van der Waals surface area contributed by atoms with E-state index in [2.05, 4.69) is 0 Å². The Morgan fingerprint density at radius 2 is 1.67 bits per heavy atom. The van der Waals surface area contributed by atoms with Gasteiger partial charge in [-0.05, 0) is 67.4 Å². The first-order valence-corrected chi connectivity index (χ1v) is 12.1. The molecule has 1 fully saturated rings. The summed E-state index contributed by atoms with van der Waals surface area (Å²) in [6.07, 6.45) is 6.33. The molecule has 0 saturated heterocycles. The number of aromatic nitrogens is 2. The monoisotopic (exact) mass is 484 g/mol. The van der Waals surface area contributed by atoms with E-state index in [1.165, 1.54) is 6.20 Å². The zero-order valence-electron chi connectivity index (χ0n) is 20.1. The van der Waals surface area contributed by atoms with Gasteiger partial charge in [0.1, 0.15) is 5.75 Å². The molecule has 4 aromatic rings. The largest absolute Gasteiger partial charge is 0.618 e. The van der Waals surface area contributed by atoms with Gasteiger partial charge < -0.3 is 20.2 Å². The van der Waals surface area contributed by atoms with Crippen molar-refractivity contribution >= 4 is 5.78 Å². The fourth-order valence-corrected chi connectivity index (χ4v) is 5.13. The predicted octanol–water partition coefficient (Wildman–Crippen LogP) is 5.48. The van der Waals surface area contributed by atoms with Crippen LogP contribution in [-0.4, -0.2) is 27.7 Å². The topological polar surface area (TPSA) is 98.6 Å². The van der Waals surface area contributed by atoms with Gasteiger partial charge in [-0.1, -0.05) is 19.3 Å². The molecule has 0 radical (unpaired) electrons. The molecule has 0 aliphatic heterocycles. The third-order valence-corrected chi connectivity index (χ3v) is 6.97. The van der Waals surface area contributed by atoms with Gasteiger partial charge in [0.05, 0.1) is 12.7 Å². The molecule has 0 bridgehead atoms. The van der Waals surface area contributed by atoms with Crippen LogP contribution in [0.25, 0.3) is 16.9 Å². The molecule has 7 heteroatoms. The van der Waals surface area contributed by atoms with E-state index in [0.717, 1.165) is 42.4 Å². The minimum Gasteiger partial charge on any atom is -0.618 e. The first-order chi connectivity index (χ1) is 17.5. The number of benzene rings is 2. The van der Waals surface area contributed by atoms with Gasteiger partial charge in [-0.2, -0.15) is 4.73 Å². The number of carbonyl (C=O) groups is 1. The SMILES string of the molecule is COc1ccc(C(=O)c2c(O)c(O)n(-c3ccc(-c4cccc[n+]4[O-])cc3)c2C2CCCCC2)cc1. The van der Waals surface area contributed by atoms with Crippen LogP contribution >= 0.6 is 0 Å². The van der Waals surface area contributed by atoms with Crippen LogP contribution in [0.4, 0.5) is 0 Å². The molecule has 0 amide bonds. The van der Waals surface area contributed by atoms with E-state index in [-0.39, 0.29) is 23.1 Å². The van der Waals surface area contributed by atoms with Crippen molar-refractivity contribution in [3.8, 4) is 34.3 Å². The zero-order valence-corrected chi connectivity index (χ0v) is 20.1. The van der Waals surface area contributed by atoms with E-state index in [1.807, 2.05) is 0 Å². The van der Waals surface area contributed by atoms with Crippen LogP contribution in [0.5, 0.6) is 17.4 Å². The van der Waals surface area contributed by atoms with E-state index >= 15 is 0 Å². The maximum atomic E-state index is 13.6. The minimum absolute atomic E-state index is 0.0142. The van der Waals surface area contributed by atoms with E-state index in [4.69, 9.17) is 4.74 Å². The number of pyridine rings is 1. The Morgan fingerprint density at radius 3 is 2.31 bits per heavy atom. The lowest BCUT2D eigenvalue weighted by Gasteiger charge is -2.25. The Hall–Kier alpha value is -4.26. The minimum atomic E-state index is -0.416. The van der Waals surface area contributed by atoms with E-state index < -0.39 is 5.75 Å². The van der Waals surface area contributed by atoms with Gasteiger partial charge in [0.15, 0.2) is 17.7 Å². The average Bonchev–Trinajstić information content (AvgIpc) is 3.19. The number of rotatable bonds is 6. The molecule has 0 atom stereocenters. The molecule has 1 saturated carbocycles. The molecule has 184 valence electrons. The van der Waals surface area contributed by atoms with E-state index in [9.17, 15) is 20.2 Å². The standard InChI is InChI=1S/C29H28N2O5/c1-36-23-16-12-21(13-17-23)27(32)25-26(20-7-3-2-4-8-20)31(29(34)28(25)33)22-14-10-19(11-15-22)24-9-5-6-18-30(24)35/h5-6,9-18,20,33-34H,2-4,7-8H2,1H3. The fraction of sp³-hybridized carbons (Fsp3) is 0.241. The van der Waals surface area contributed by atoms with Gasteiger partial charge in [-0.15, -0.1) is 0 Å². The first-order valence-electron chi connectivity index (χ1n) is 12.1. The first kappa shape index (κ1) is 23.5. The van der Waals surface area contributed by atoms with Gasteiger partial charge in [0.25, 0.3) is 0 Å². The number of hydrogen-bond donors (Lipinski definition) is 2. The second-order valence-corrected chi connectivity index (χ2v) is 9.12. The maximum Gasteiger partial charge on any atom is 0.240 e. The third-order valence-electron chi connectivity index (χ3n) is 6.97. The highest BCUT2D eigenvalue weighted by atomic mass is 16.5. The van der Waals surface area contributed by atoms with Crippen molar-refractivity contribution in [2.45, 2.75) is 38.0 Å². The second-order valence-electron chi connectivity index (χ2n) is 9.12. The van der Waals surface area contributed by atoms with Crippen LogP contribution in [-0.2, 0) is 0 Å². The molecule has 2 heterocycles. The number of methoxy groups -OCH3 is 1. The number of aromatic hydroxyl groups is 2. The molecule has 0 spiro atoms. The molecule has 2 aromatic carbocycles. The van der Waals surface area contributed by atoms with Crippen LogP contribution in [0.3, 0.4) is 0 Å². The van der Waals surface area contributed by atoms with Crippen molar-refractivity contribution in [1.29, 1.82) is 0 Å². The molecular weight excluding hydrogens is 456 g/mol. The summed E-state index contributed by atoms with van der Waals surface area (Å²) in [6.45, 7) is 0. The Morgan fingerprint density at radius 1 is 0.972 bits per heavy atom. The van der Waals surface area contributed by atoms with Gasteiger partial charge in [0, 0.05) is 40.6 Å². The van der Waals surface area contributed by atoms with Crippen LogP contribution in [0.15, 0.2) is 72.9 Å². The normalized spacial score (nSPS) is 14.0. The van der Waals surface area contributed by atoms with Gasteiger partial charge in [-0.25, -0.2) is 0 Å². The summed E-state index contributed by atoms with van der Waals surface area (Å²) in [5.41, 5.74) is 2.99. The molecular formula is C29H28N2O5. The molecule has 7 nitrogen and oxygen atoms in total. The Kier molecular flexibility index (Phi) is 6.38. The molecule has 36 heavy (non-hydrogen) atoms. The van der Waals surface area contributed by atoms with Crippen LogP contribution in [0.1, 0.15) is 59.6 Å². The number of hydrogen-bond acceptors (Lipinski definition) is 5. The third kappa shape index (κ3) is 4.17. The summed E-state index contributed by atoms with van der Waals surface area (Å²) in [4.78, 5) is 13.6. The van der Waals surface area contributed by atoms with Crippen LogP contribution in [0, 0.1) is 5.21 Å². The highest BCUT2D eigenvalue weighted by Gasteiger charge is 2.33. The van der Waals surface area contributed by atoms with Crippen LogP contribution < -0.4 is 9.47 Å². The number of ketones is 1. The molecule has 1 aliphatic carbocycles. The van der Waals surface area contributed by atoms with Gasteiger partial charge in [-0.3, -0.25) is 9.36 Å². The highest BCUT2D eigenvalue weighted by molar-refractivity contribution is 6.12. The average molecular weight is 485 g/mol. The molecule has 2 N–H and O–H groups in total. The zero-order chi connectivity index (χ0) is 25.2. The summed E-state index contributed by atoms with van der Waals surface area (Å²) >= 11 is 0. The Bertz CT molecular complexity index is 1380. The lowest BCUT2D eigenvalue weighted by atomic mass is 9.84. The predicted molar refractivity (Wildman–Crippen MR) is 136 cm³/mol. The van der Waals surface area contributed by atoms with E-state index in [0.29, 0.717) is 28.4 Å². The summed E-state index contributed by atoms with van der Waals surface area (Å²) in [5, 5.41) is 34.3. The van der Waals surface area contributed by atoms with Crippen molar-refractivity contribution in [3.63, 3.8) is 0 Å². The Balaban J connectivity index is 1.63. The Labute approximate surface area is 209 Å². The second kappa shape index (κ2) is 9.77. The van der Waals surface area contributed by atoms with Crippen molar-refractivity contribution in [3.05, 3.63) is 95.0 Å². The van der Waals surface area contributed by atoms with Crippen molar-refractivity contribution < 1.29 is 24.5 Å². The van der Waals surface area contributed by atoms with Gasteiger partial charge in [0.2, 0.25) is 11.6 Å². The lowest BCUT2D eigenvalue weighted by molar-refractivity contribution is -0.593. The molecule has 0 unspecified atom stereocenters. The summed E-state index contributed by atoms with van der Waals surface area (Å²) in [6, 6.07) is 19.1. The molecule has 1 aliphatic rings. The quantitative estimate of drug-likeness (QED) is 0.215. The van der Waals surface area contributed by atoms with Crippen molar-refractivity contribution in [1.82, 2.24) is 4.57 Å². The number of carbonyl (C=O) groups excluding carboxylic acids is 1. The molecule has 2 aromatic heterocycles. The van der Waals surface area contributed by atoms with Crippen LogP contribution in [0.2, 0.25) is 0 Å². The number of ether oxygens (including phenoxy) is 1. The summed E-state index contributed by atoms with van der Waals surface area (Å²) in [7, 11) is 1.56. The van der Waals surface area contributed by atoms with Crippen molar-refractivity contribution in [2.75, 3.05) is 7.11 Å². The highest BCUT2D eigenvalue weighted by Crippen LogP contribution is 2.46. The van der Waals surface area contributed by atoms with Crippen molar-refractivity contribution in [2.24, 2.45) is 0 Å². The van der Waals surface area contributed by atoms with Gasteiger partial charge >= 0.3 is 0 Å². The number of nitrogens with zero attached hydrogens (tertiary/aromatic N) is 2. The summed E-state index contributed by atoms with van der Waals surface area (Å²) in [5.74, 6) is -0.486. The summed E-state index contributed by atoms with van der Waals surface area (Å²) < 4.78 is 7.59. The molecule has 5 rings (SSSR count). The fourth-order valence-electron chi connectivity index (χ4n) is 5.13. The maximum absolute atomic E-state index is 13.6. The van der Waals surface area contributed by atoms with E-state index in [1.54, 1.807) is 78.4 Å².